The molecule has 0 aliphatic carbocycles. The molecule has 1 amide bonds. The Hall–Kier alpha value is -1.31. The largest absolute Gasteiger partial charge is 0.514 e. The number of carbonyl (C=O) groups excluding carboxylic acids is 1. The van der Waals surface area contributed by atoms with Gasteiger partial charge in [0.05, 0.1) is 16.8 Å². The van der Waals surface area contributed by atoms with Crippen LogP contribution < -0.4 is 10.9 Å². The molecule has 1 aromatic heterocycles. The minimum absolute atomic E-state index is 0.230. The monoisotopic (exact) mass is 354 g/mol. The van der Waals surface area contributed by atoms with E-state index in [2.05, 4.69) is 10.3 Å². The van der Waals surface area contributed by atoms with Gasteiger partial charge in [-0.2, -0.15) is 0 Å². The van der Waals surface area contributed by atoms with E-state index in [0.717, 1.165) is 0 Å². The molecule has 1 aromatic rings. The number of amides is 1. The van der Waals surface area contributed by atoms with Gasteiger partial charge in [-0.25, -0.2) is 9.78 Å². The first-order chi connectivity index (χ1) is 10.8. The van der Waals surface area contributed by atoms with Gasteiger partial charge >= 0.3 is 13.2 Å². The zero-order chi connectivity index (χ0) is 18.3. The third-order valence-electron chi connectivity index (χ3n) is 3.95. The van der Waals surface area contributed by atoms with Gasteiger partial charge < -0.3 is 14.0 Å². The van der Waals surface area contributed by atoms with Crippen LogP contribution in [0.15, 0.2) is 12.1 Å². The Labute approximate surface area is 148 Å². The highest BCUT2D eigenvalue weighted by Gasteiger charge is 2.52. The van der Waals surface area contributed by atoms with Gasteiger partial charge in [-0.05, 0) is 60.6 Å². The van der Waals surface area contributed by atoms with Gasteiger partial charge in [0.15, 0.2) is 0 Å². The summed E-state index contributed by atoms with van der Waals surface area (Å²) >= 11 is 6.07. The molecule has 1 aliphatic rings. The van der Waals surface area contributed by atoms with Crippen LogP contribution in [-0.4, -0.2) is 35.0 Å². The van der Waals surface area contributed by atoms with E-state index in [9.17, 15) is 4.79 Å². The number of carbonyl (C=O) groups is 1. The maximum absolute atomic E-state index is 11.9. The molecule has 0 spiro atoms. The van der Waals surface area contributed by atoms with Gasteiger partial charge in [-0.1, -0.05) is 11.6 Å². The number of aromatic nitrogens is 1. The molecule has 24 heavy (non-hydrogen) atoms. The Morgan fingerprint density at radius 2 is 1.75 bits per heavy atom. The summed E-state index contributed by atoms with van der Waals surface area (Å²) in [6.45, 7) is 13.2. The van der Waals surface area contributed by atoms with Crippen molar-refractivity contribution < 1.29 is 18.8 Å². The molecule has 1 aliphatic heterocycles. The van der Waals surface area contributed by atoms with E-state index in [1.54, 1.807) is 32.9 Å². The standard InChI is InChI=1S/C16H24BClN2O4/c1-14(2,3)22-13(21)19-10-8-11(20-12(18)9-10)17-23-15(4,5)16(6,7)24-17/h8-9H,1-7H3,(H,19,20,21). The van der Waals surface area contributed by atoms with Crippen molar-refractivity contribution in [3.8, 4) is 0 Å². The van der Waals surface area contributed by atoms with Crippen molar-refractivity contribution >= 4 is 36.1 Å². The lowest BCUT2D eigenvalue weighted by Crippen LogP contribution is -2.41. The topological polar surface area (TPSA) is 69.7 Å². The third-order valence-corrected chi connectivity index (χ3v) is 4.15. The molecule has 0 atom stereocenters. The summed E-state index contributed by atoms with van der Waals surface area (Å²) in [5, 5.41) is 2.88. The van der Waals surface area contributed by atoms with E-state index in [1.807, 2.05) is 27.7 Å². The average Bonchev–Trinajstić information content (AvgIpc) is 2.55. The van der Waals surface area contributed by atoms with Crippen LogP contribution in [0.25, 0.3) is 0 Å². The molecule has 8 heteroatoms. The van der Waals surface area contributed by atoms with E-state index < -0.39 is 30.0 Å². The minimum Gasteiger partial charge on any atom is -0.444 e. The maximum atomic E-state index is 11.9. The number of pyridine rings is 1. The van der Waals surface area contributed by atoms with Crippen molar-refractivity contribution in [3.05, 3.63) is 17.3 Å². The average molecular weight is 355 g/mol. The molecule has 0 unspecified atom stereocenters. The Morgan fingerprint density at radius 3 is 2.25 bits per heavy atom. The fraction of sp³-hybridized carbons (Fsp3) is 0.625. The number of nitrogens with zero attached hydrogens (tertiary/aromatic N) is 1. The van der Waals surface area contributed by atoms with Crippen molar-refractivity contribution in [2.75, 3.05) is 5.32 Å². The van der Waals surface area contributed by atoms with Crippen LogP contribution in [-0.2, 0) is 14.0 Å². The smallest absolute Gasteiger partial charge is 0.444 e. The number of ether oxygens (including phenoxy) is 1. The van der Waals surface area contributed by atoms with Gasteiger partial charge in [0, 0.05) is 5.69 Å². The third kappa shape index (κ3) is 4.40. The summed E-state index contributed by atoms with van der Waals surface area (Å²) in [4.78, 5) is 16.2. The summed E-state index contributed by atoms with van der Waals surface area (Å²) in [6.07, 6.45) is -0.565. The van der Waals surface area contributed by atoms with Crippen molar-refractivity contribution in [3.63, 3.8) is 0 Å². The predicted octanol–water partition coefficient (Wildman–Crippen LogP) is 3.38. The number of nitrogens with one attached hydrogen (secondary N) is 1. The highest BCUT2D eigenvalue weighted by molar-refractivity contribution is 6.61. The van der Waals surface area contributed by atoms with Gasteiger partial charge in [0.2, 0.25) is 0 Å². The molecule has 1 fully saturated rings. The molecule has 0 aromatic carbocycles. The van der Waals surface area contributed by atoms with Crippen molar-refractivity contribution in [1.29, 1.82) is 0 Å². The lowest BCUT2D eigenvalue weighted by atomic mass is 9.84. The lowest BCUT2D eigenvalue weighted by molar-refractivity contribution is 0.00578. The Kier molecular flexibility index (Phi) is 4.92. The molecule has 6 nitrogen and oxygen atoms in total. The number of hydrogen-bond donors (Lipinski definition) is 1. The van der Waals surface area contributed by atoms with Crippen LogP contribution in [0.3, 0.4) is 0 Å². The van der Waals surface area contributed by atoms with Crippen LogP contribution >= 0.6 is 11.6 Å². The number of rotatable bonds is 2. The molecular weight excluding hydrogens is 330 g/mol. The number of halogens is 1. The van der Waals surface area contributed by atoms with Crippen LogP contribution in [0, 0.1) is 0 Å². The molecule has 1 N–H and O–H groups in total. The molecule has 2 rings (SSSR count). The summed E-state index contributed by atoms with van der Waals surface area (Å²) in [5.74, 6) is 0. The maximum Gasteiger partial charge on any atom is 0.514 e. The second-order valence-electron chi connectivity index (χ2n) is 7.82. The van der Waals surface area contributed by atoms with Crippen molar-refractivity contribution in [2.24, 2.45) is 0 Å². The molecular formula is C16H24BClN2O4. The normalized spacial score (nSPS) is 19.2. The molecule has 132 valence electrons. The Morgan fingerprint density at radius 1 is 1.21 bits per heavy atom. The Bertz CT molecular complexity index is 627. The van der Waals surface area contributed by atoms with E-state index in [1.165, 1.54) is 0 Å². The minimum atomic E-state index is -0.659. The summed E-state index contributed by atoms with van der Waals surface area (Å²) in [7, 11) is -0.659. The fourth-order valence-corrected chi connectivity index (χ4v) is 2.31. The van der Waals surface area contributed by atoms with Crippen LogP contribution in [0.4, 0.5) is 10.5 Å². The first-order valence-corrected chi connectivity index (χ1v) is 8.20. The number of hydrogen-bond acceptors (Lipinski definition) is 5. The molecule has 0 bridgehead atoms. The lowest BCUT2D eigenvalue weighted by Gasteiger charge is -2.32. The summed E-state index contributed by atoms with van der Waals surface area (Å²) in [6, 6.07) is 3.21. The quantitative estimate of drug-likeness (QED) is 0.651. The van der Waals surface area contributed by atoms with Crippen molar-refractivity contribution in [2.45, 2.75) is 65.3 Å². The van der Waals surface area contributed by atoms with Gasteiger partial charge in [-0.15, -0.1) is 0 Å². The summed E-state index contributed by atoms with van der Waals surface area (Å²) < 4.78 is 17.2. The van der Waals surface area contributed by atoms with Crippen LogP contribution in [0.2, 0.25) is 5.15 Å². The first kappa shape index (κ1) is 19.0. The fourth-order valence-electron chi connectivity index (χ4n) is 2.10. The van der Waals surface area contributed by atoms with Crippen LogP contribution in [0.5, 0.6) is 0 Å². The van der Waals surface area contributed by atoms with Gasteiger partial charge in [0.25, 0.3) is 0 Å². The van der Waals surface area contributed by atoms with Crippen molar-refractivity contribution in [1.82, 2.24) is 4.98 Å². The summed E-state index contributed by atoms with van der Waals surface area (Å²) in [5.41, 5.74) is -0.600. The van der Waals surface area contributed by atoms with Gasteiger partial charge in [-0.3, -0.25) is 5.32 Å². The predicted molar refractivity (Wildman–Crippen MR) is 94.8 cm³/mol. The Balaban J connectivity index is 2.20. The van der Waals surface area contributed by atoms with E-state index in [4.69, 9.17) is 25.6 Å². The second kappa shape index (κ2) is 6.21. The zero-order valence-electron chi connectivity index (χ0n) is 15.2. The molecule has 1 saturated heterocycles. The van der Waals surface area contributed by atoms with Crippen LogP contribution in [0.1, 0.15) is 48.5 Å². The van der Waals surface area contributed by atoms with E-state index in [0.29, 0.717) is 11.3 Å². The van der Waals surface area contributed by atoms with Gasteiger partial charge in [0.1, 0.15) is 10.8 Å². The highest BCUT2D eigenvalue weighted by Crippen LogP contribution is 2.36. The number of anilines is 1. The van der Waals surface area contributed by atoms with E-state index >= 15 is 0 Å². The van der Waals surface area contributed by atoms with E-state index in [-0.39, 0.29) is 5.15 Å². The SMILES string of the molecule is CC(C)(C)OC(=O)Nc1cc(Cl)nc(B2OC(C)(C)C(C)(C)O2)c1. The first-order valence-electron chi connectivity index (χ1n) is 7.82. The molecule has 0 saturated carbocycles. The second-order valence-corrected chi connectivity index (χ2v) is 8.21. The molecule has 0 radical (unpaired) electrons. The highest BCUT2D eigenvalue weighted by atomic mass is 35.5. The molecule has 2 heterocycles. The zero-order valence-corrected chi connectivity index (χ0v) is 15.9.